The van der Waals surface area contributed by atoms with Crippen molar-refractivity contribution in [3.8, 4) is 0 Å². The van der Waals surface area contributed by atoms with Gasteiger partial charge in [-0.25, -0.2) is 4.98 Å². The maximum atomic E-state index is 5.75. The summed E-state index contributed by atoms with van der Waals surface area (Å²) in [6.07, 6.45) is 5.64. The van der Waals surface area contributed by atoms with E-state index in [4.69, 9.17) is 5.73 Å². The molecule has 0 aliphatic carbocycles. The van der Waals surface area contributed by atoms with Crippen molar-refractivity contribution in [1.82, 2.24) is 9.97 Å². The smallest absolute Gasteiger partial charge is 0.106 e. The third kappa shape index (κ3) is 3.24. The molecule has 1 aromatic carbocycles. The highest BCUT2D eigenvalue weighted by atomic mass is 14.9. The summed E-state index contributed by atoms with van der Waals surface area (Å²) in [5, 5.41) is 3.39. The summed E-state index contributed by atoms with van der Waals surface area (Å²) >= 11 is 0. The Balaban J connectivity index is 1.80. The molecule has 4 heteroatoms. The minimum Gasteiger partial charge on any atom is -0.399 e. The van der Waals surface area contributed by atoms with E-state index in [1.54, 1.807) is 6.20 Å². The zero-order chi connectivity index (χ0) is 12.1. The summed E-state index contributed by atoms with van der Waals surface area (Å²) in [5.74, 6) is 1.04. The van der Waals surface area contributed by atoms with Crippen LogP contribution in [0, 0.1) is 6.92 Å². The number of imidazole rings is 1. The molecule has 1 heterocycles. The van der Waals surface area contributed by atoms with E-state index >= 15 is 0 Å². The molecule has 90 valence electrons. The average molecular weight is 230 g/mol. The van der Waals surface area contributed by atoms with E-state index in [9.17, 15) is 0 Å². The molecule has 0 saturated carbocycles. The first-order valence-electron chi connectivity index (χ1n) is 5.84. The maximum absolute atomic E-state index is 5.75. The summed E-state index contributed by atoms with van der Waals surface area (Å²) in [6, 6.07) is 5.93. The molecule has 0 fully saturated rings. The highest BCUT2D eigenvalue weighted by molar-refractivity contribution is 5.59. The number of rotatable bonds is 5. The van der Waals surface area contributed by atoms with Gasteiger partial charge < -0.3 is 16.0 Å². The molecule has 0 amide bonds. The highest BCUT2D eigenvalue weighted by Crippen LogP contribution is 2.17. The molecule has 0 spiro atoms. The molecule has 4 N–H and O–H groups in total. The van der Waals surface area contributed by atoms with Gasteiger partial charge in [0, 0.05) is 36.7 Å². The molecular formula is C13H18N4. The Bertz CT molecular complexity index is 462. The first-order chi connectivity index (χ1) is 8.25. The standard InChI is InChI=1S/C13H18N4/c1-10-4-5-11(14)9-12(10)15-6-2-3-13-16-7-8-17-13/h4-5,7-9,15H,2-3,6,14H2,1H3,(H,16,17). The van der Waals surface area contributed by atoms with Gasteiger partial charge in [0.05, 0.1) is 0 Å². The third-order valence-corrected chi connectivity index (χ3v) is 2.72. The molecule has 0 radical (unpaired) electrons. The molecule has 0 bridgehead atoms. The molecule has 2 rings (SSSR count). The van der Waals surface area contributed by atoms with E-state index in [0.717, 1.165) is 36.6 Å². The highest BCUT2D eigenvalue weighted by Gasteiger charge is 1.99. The lowest BCUT2D eigenvalue weighted by molar-refractivity contribution is 0.816. The van der Waals surface area contributed by atoms with E-state index in [1.165, 1.54) is 5.56 Å². The Morgan fingerprint density at radius 3 is 3.06 bits per heavy atom. The Labute approximate surface area is 101 Å². The summed E-state index contributed by atoms with van der Waals surface area (Å²) in [5.41, 5.74) is 8.88. The molecule has 1 aromatic heterocycles. The SMILES string of the molecule is Cc1ccc(N)cc1NCCCc1ncc[nH]1. The first-order valence-corrected chi connectivity index (χ1v) is 5.84. The second kappa shape index (κ2) is 5.39. The zero-order valence-electron chi connectivity index (χ0n) is 10.0. The van der Waals surface area contributed by atoms with Crippen molar-refractivity contribution in [2.24, 2.45) is 0 Å². The lowest BCUT2D eigenvalue weighted by atomic mass is 10.2. The molecule has 17 heavy (non-hydrogen) atoms. The number of aromatic amines is 1. The predicted molar refractivity (Wildman–Crippen MR) is 71.0 cm³/mol. The van der Waals surface area contributed by atoms with Crippen LogP contribution in [-0.2, 0) is 6.42 Å². The fourth-order valence-electron chi connectivity index (χ4n) is 1.74. The summed E-state index contributed by atoms with van der Waals surface area (Å²) in [7, 11) is 0. The van der Waals surface area contributed by atoms with Crippen LogP contribution in [0.5, 0.6) is 0 Å². The van der Waals surface area contributed by atoms with Gasteiger partial charge in [0.15, 0.2) is 0 Å². The number of nitrogens with two attached hydrogens (primary N) is 1. The number of aromatic nitrogens is 2. The van der Waals surface area contributed by atoms with Crippen LogP contribution in [0.2, 0.25) is 0 Å². The van der Waals surface area contributed by atoms with Crippen molar-refractivity contribution in [3.05, 3.63) is 42.0 Å². The van der Waals surface area contributed by atoms with Gasteiger partial charge >= 0.3 is 0 Å². The van der Waals surface area contributed by atoms with Crippen LogP contribution < -0.4 is 11.1 Å². The average Bonchev–Trinajstić information content (AvgIpc) is 2.82. The Hall–Kier alpha value is -1.97. The van der Waals surface area contributed by atoms with Crippen LogP contribution in [0.1, 0.15) is 17.8 Å². The summed E-state index contributed by atoms with van der Waals surface area (Å²) in [6.45, 7) is 3.00. The van der Waals surface area contributed by atoms with E-state index < -0.39 is 0 Å². The van der Waals surface area contributed by atoms with Crippen molar-refractivity contribution in [2.75, 3.05) is 17.6 Å². The topological polar surface area (TPSA) is 66.7 Å². The van der Waals surface area contributed by atoms with Gasteiger partial charge in [-0.2, -0.15) is 0 Å². The van der Waals surface area contributed by atoms with Crippen molar-refractivity contribution in [2.45, 2.75) is 19.8 Å². The Morgan fingerprint density at radius 2 is 2.29 bits per heavy atom. The minimum atomic E-state index is 0.795. The lowest BCUT2D eigenvalue weighted by Crippen LogP contribution is -2.05. The quantitative estimate of drug-likeness (QED) is 0.545. The first kappa shape index (κ1) is 11.5. The van der Waals surface area contributed by atoms with E-state index in [-0.39, 0.29) is 0 Å². The van der Waals surface area contributed by atoms with Gasteiger partial charge in [0.25, 0.3) is 0 Å². The van der Waals surface area contributed by atoms with Gasteiger partial charge in [-0.15, -0.1) is 0 Å². The van der Waals surface area contributed by atoms with E-state index in [0.29, 0.717) is 0 Å². The molecule has 2 aromatic rings. The van der Waals surface area contributed by atoms with Crippen LogP contribution in [0.15, 0.2) is 30.6 Å². The van der Waals surface area contributed by atoms with Crippen molar-refractivity contribution in [3.63, 3.8) is 0 Å². The van der Waals surface area contributed by atoms with Gasteiger partial charge in [-0.05, 0) is 31.0 Å². The predicted octanol–water partition coefficient (Wildman–Crippen LogP) is 2.35. The monoisotopic (exact) mass is 230 g/mol. The molecule has 0 atom stereocenters. The fraction of sp³-hybridized carbons (Fsp3) is 0.308. The van der Waals surface area contributed by atoms with Crippen LogP contribution >= 0.6 is 0 Å². The molecule has 0 saturated heterocycles. The van der Waals surface area contributed by atoms with Crippen LogP contribution in [0.25, 0.3) is 0 Å². The van der Waals surface area contributed by atoms with Gasteiger partial charge in [0.2, 0.25) is 0 Å². The number of anilines is 2. The number of benzene rings is 1. The van der Waals surface area contributed by atoms with Crippen LogP contribution in [0.3, 0.4) is 0 Å². The number of hydrogen-bond acceptors (Lipinski definition) is 3. The number of nitrogen functional groups attached to an aromatic ring is 1. The number of nitrogens with one attached hydrogen (secondary N) is 2. The number of nitrogens with zero attached hydrogens (tertiary/aromatic N) is 1. The molecular weight excluding hydrogens is 212 g/mol. The minimum absolute atomic E-state index is 0.795. The van der Waals surface area contributed by atoms with Crippen molar-refractivity contribution < 1.29 is 0 Å². The van der Waals surface area contributed by atoms with E-state index in [1.807, 2.05) is 24.4 Å². The maximum Gasteiger partial charge on any atom is 0.106 e. The lowest BCUT2D eigenvalue weighted by Gasteiger charge is -2.09. The zero-order valence-corrected chi connectivity index (χ0v) is 10.0. The normalized spacial score (nSPS) is 10.4. The fourth-order valence-corrected chi connectivity index (χ4v) is 1.74. The molecule has 0 unspecified atom stereocenters. The molecule has 4 nitrogen and oxygen atoms in total. The van der Waals surface area contributed by atoms with Crippen LogP contribution in [0.4, 0.5) is 11.4 Å². The molecule has 0 aliphatic rings. The number of hydrogen-bond donors (Lipinski definition) is 3. The van der Waals surface area contributed by atoms with Crippen molar-refractivity contribution in [1.29, 1.82) is 0 Å². The van der Waals surface area contributed by atoms with E-state index in [2.05, 4.69) is 22.2 Å². The molecule has 0 aliphatic heterocycles. The van der Waals surface area contributed by atoms with Gasteiger partial charge in [-0.1, -0.05) is 6.07 Å². The van der Waals surface area contributed by atoms with Gasteiger partial charge in [0.1, 0.15) is 5.82 Å². The number of aryl methyl sites for hydroxylation is 2. The second-order valence-corrected chi connectivity index (χ2v) is 4.14. The second-order valence-electron chi connectivity index (χ2n) is 4.14. The Kier molecular flexibility index (Phi) is 3.65. The summed E-state index contributed by atoms with van der Waals surface area (Å²) < 4.78 is 0. The summed E-state index contributed by atoms with van der Waals surface area (Å²) in [4.78, 5) is 7.29. The number of H-pyrrole nitrogens is 1. The van der Waals surface area contributed by atoms with Crippen molar-refractivity contribution >= 4 is 11.4 Å². The largest absolute Gasteiger partial charge is 0.399 e. The Morgan fingerprint density at radius 1 is 1.41 bits per heavy atom. The van der Waals surface area contributed by atoms with Gasteiger partial charge in [-0.3, -0.25) is 0 Å². The third-order valence-electron chi connectivity index (χ3n) is 2.72. The van der Waals surface area contributed by atoms with Crippen LogP contribution in [-0.4, -0.2) is 16.5 Å².